The first-order chi connectivity index (χ1) is 14.7. The maximum atomic E-state index is 11.0. The number of likely N-dealkylation sites (tertiary alicyclic amines) is 1. The number of aryl methyl sites for hydroxylation is 2. The second-order valence-electron chi connectivity index (χ2n) is 8.14. The molecule has 8 heteroatoms. The van der Waals surface area contributed by atoms with Crippen molar-refractivity contribution in [3.8, 4) is 0 Å². The van der Waals surface area contributed by atoms with E-state index in [0.29, 0.717) is 29.1 Å². The van der Waals surface area contributed by atoms with Crippen LogP contribution in [0.2, 0.25) is 10.0 Å². The highest BCUT2D eigenvalue weighted by Gasteiger charge is 2.34. The number of benzene rings is 2. The van der Waals surface area contributed by atoms with Crippen molar-refractivity contribution >= 4 is 41.3 Å². The van der Waals surface area contributed by atoms with Gasteiger partial charge in [0.25, 0.3) is 6.47 Å². The highest BCUT2D eigenvalue weighted by atomic mass is 35.5. The molecule has 2 fully saturated rings. The van der Waals surface area contributed by atoms with Gasteiger partial charge in [-0.25, -0.2) is 0 Å². The summed E-state index contributed by atoms with van der Waals surface area (Å²) in [5.74, 6) is -0.426. The van der Waals surface area contributed by atoms with Gasteiger partial charge in [0, 0.05) is 38.6 Å². The molecule has 2 saturated heterocycles. The Hall–Kier alpha value is -2.28. The summed E-state index contributed by atoms with van der Waals surface area (Å²) in [4.78, 5) is 23.8. The van der Waals surface area contributed by atoms with Gasteiger partial charge >= 0.3 is 5.97 Å². The van der Waals surface area contributed by atoms with Crippen LogP contribution < -0.4 is 4.90 Å². The summed E-state index contributed by atoms with van der Waals surface area (Å²) in [6.07, 6.45) is 0. The number of anilines is 1. The fraction of sp³-hybridized carbons (Fsp3) is 0.391. The highest BCUT2D eigenvalue weighted by Crippen LogP contribution is 2.40. The van der Waals surface area contributed by atoms with Gasteiger partial charge in [0.15, 0.2) is 0 Å². The van der Waals surface area contributed by atoms with Crippen molar-refractivity contribution in [2.24, 2.45) is 5.92 Å². The maximum Gasteiger partial charge on any atom is 0.309 e. The smallest absolute Gasteiger partial charge is 0.309 e. The second kappa shape index (κ2) is 9.90. The number of carboxylic acids is 1. The second-order valence-corrected chi connectivity index (χ2v) is 8.95. The lowest BCUT2D eigenvalue weighted by molar-refractivity contribution is -0.147. The molecule has 0 aliphatic carbocycles. The number of hydrogen-bond donors (Lipinski definition) is 2. The van der Waals surface area contributed by atoms with Crippen LogP contribution in [0.5, 0.6) is 0 Å². The zero-order valence-electron chi connectivity index (χ0n) is 17.5. The van der Waals surface area contributed by atoms with Gasteiger partial charge in [0.1, 0.15) is 0 Å². The van der Waals surface area contributed by atoms with E-state index in [9.17, 15) is 4.79 Å². The molecule has 0 radical (unpaired) electrons. The molecule has 166 valence electrons. The molecule has 0 unspecified atom stereocenters. The molecular formula is C23H26Cl2N2O4. The van der Waals surface area contributed by atoms with E-state index in [-0.39, 0.29) is 12.4 Å². The Balaban J connectivity index is 0.000000858. The van der Waals surface area contributed by atoms with E-state index in [1.807, 2.05) is 18.2 Å². The topological polar surface area (TPSA) is 81.1 Å². The highest BCUT2D eigenvalue weighted by molar-refractivity contribution is 6.39. The quantitative estimate of drug-likeness (QED) is 0.636. The first-order valence-electron chi connectivity index (χ1n) is 10.1. The summed E-state index contributed by atoms with van der Waals surface area (Å²) in [5, 5.41) is 17.3. The SMILES string of the molecule is Cc1cc(C2CN(c3c(Cl)cccc3Cl)C2)cc(C)c1CN1CC(C(=O)O)C1.O=CO. The Morgan fingerprint density at radius 2 is 1.61 bits per heavy atom. The molecular weight excluding hydrogens is 439 g/mol. The molecule has 2 aliphatic rings. The molecule has 0 bridgehead atoms. The van der Waals surface area contributed by atoms with Crippen LogP contribution in [0.15, 0.2) is 30.3 Å². The lowest BCUT2D eigenvalue weighted by Gasteiger charge is -2.42. The Labute approximate surface area is 192 Å². The lowest BCUT2D eigenvalue weighted by atomic mass is 9.86. The fourth-order valence-corrected chi connectivity index (χ4v) is 4.89. The van der Waals surface area contributed by atoms with Crippen LogP contribution in [0.3, 0.4) is 0 Å². The maximum absolute atomic E-state index is 11.0. The van der Waals surface area contributed by atoms with Crippen molar-refractivity contribution in [1.29, 1.82) is 0 Å². The van der Waals surface area contributed by atoms with E-state index in [2.05, 4.69) is 35.8 Å². The predicted octanol–water partition coefficient (Wildman–Crippen LogP) is 4.43. The van der Waals surface area contributed by atoms with E-state index in [1.54, 1.807) is 0 Å². The van der Waals surface area contributed by atoms with E-state index < -0.39 is 5.97 Å². The van der Waals surface area contributed by atoms with Gasteiger partial charge in [0.2, 0.25) is 0 Å². The molecule has 31 heavy (non-hydrogen) atoms. The molecule has 0 atom stereocenters. The summed E-state index contributed by atoms with van der Waals surface area (Å²) in [6.45, 7) is 8.00. The Morgan fingerprint density at radius 1 is 1.10 bits per heavy atom. The van der Waals surface area contributed by atoms with Crippen molar-refractivity contribution in [3.63, 3.8) is 0 Å². The first kappa shape index (κ1) is 23.4. The first-order valence-corrected chi connectivity index (χ1v) is 10.8. The molecule has 0 aromatic heterocycles. The number of aliphatic carboxylic acids is 1. The van der Waals surface area contributed by atoms with Crippen LogP contribution in [-0.2, 0) is 16.1 Å². The number of carboxylic acid groups (broad SMARTS) is 2. The Kier molecular flexibility index (Phi) is 7.46. The van der Waals surface area contributed by atoms with Crippen LogP contribution in [-0.4, -0.2) is 53.7 Å². The molecule has 2 aromatic rings. The van der Waals surface area contributed by atoms with Gasteiger partial charge in [-0.3, -0.25) is 14.5 Å². The molecule has 0 spiro atoms. The van der Waals surface area contributed by atoms with Crippen LogP contribution in [0, 0.1) is 19.8 Å². The largest absolute Gasteiger partial charge is 0.483 e. The van der Waals surface area contributed by atoms with Gasteiger partial charge in [-0.05, 0) is 48.2 Å². The number of para-hydroxylation sites is 1. The standard InChI is InChI=1S/C22H24Cl2N2O2.CH2O2/c1-13-6-15(7-14(2)18(13)12-25-8-17(9-25)22(27)28)16-10-26(11-16)21-19(23)4-3-5-20(21)24;2-1-3/h3-7,16-17H,8-12H2,1-2H3,(H,27,28);1H,(H,2,3). The van der Waals surface area contributed by atoms with E-state index in [0.717, 1.165) is 25.3 Å². The van der Waals surface area contributed by atoms with Crippen LogP contribution in [0.4, 0.5) is 5.69 Å². The summed E-state index contributed by atoms with van der Waals surface area (Å²) in [5.41, 5.74) is 6.16. The monoisotopic (exact) mass is 464 g/mol. The van der Waals surface area contributed by atoms with Crippen molar-refractivity contribution in [2.75, 3.05) is 31.1 Å². The van der Waals surface area contributed by atoms with Crippen molar-refractivity contribution in [1.82, 2.24) is 4.90 Å². The Bertz CT molecular complexity index is 927. The number of halogens is 2. The van der Waals surface area contributed by atoms with E-state index in [4.69, 9.17) is 38.2 Å². The summed E-state index contributed by atoms with van der Waals surface area (Å²) < 4.78 is 0. The summed E-state index contributed by atoms with van der Waals surface area (Å²) in [6, 6.07) is 10.2. The molecule has 0 saturated carbocycles. The fourth-order valence-electron chi connectivity index (χ4n) is 4.25. The van der Waals surface area contributed by atoms with Gasteiger partial charge in [-0.2, -0.15) is 0 Å². The molecule has 6 nitrogen and oxygen atoms in total. The van der Waals surface area contributed by atoms with E-state index >= 15 is 0 Å². The van der Waals surface area contributed by atoms with Crippen LogP contribution in [0.25, 0.3) is 0 Å². The molecule has 0 amide bonds. The molecule has 2 heterocycles. The average Bonchev–Trinajstić information content (AvgIpc) is 2.61. The summed E-state index contributed by atoms with van der Waals surface area (Å²) in [7, 11) is 0. The van der Waals surface area contributed by atoms with Crippen molar-refractivity contribution in [3.05, 3.63) is 62.6 Å². The number of hydrogen-bond acceptors (Lipinski definition) is 4. The third kappa shape index (κ3) is 5.14. The molecule has 2 aromatic carbocycles. The minimum atomic E-state index is -0.687. The van der Waals surface area contributed by atoms with Gasteiger partial charge in [-0.1, -0.05) is 41.4 Å². The minimum absolute atomic E-state index is 0.211. The van der Waals surface area contributed by atoms with Crippen LogP contribution >= 0.6 is 23.2 Å². The zero-order chi connectivity index (χ0) is 22.7. The predicted molar refractivity (Wildman–Crippen MR) is 122 cm³/mol. The van der Waals surface area contributed by atoms with E-state index in [1.165, 1.54) is 22.3 Å². The van der Waals surface area contributed by atoms with Crippen molar-refractivity contribution in [2.45, 2.75) is 26.3 Å². The van der Waals surface area contributed by atoms with Gasteiger partial charge in [-0.15, -0.1) is 0 Å². The molecule has 2 N–H and O–H groups in total. The zero-order valence-corrected chi connectivity index (χ0v) is 19.0. The number of carbonyl (C=O) groups is 2. The Morgan fingerprint density at radius 3 is 2.10 bits per heavy atom. The van der Waals surface area contributed by atoms with Gasteiger partial charge in [0.05, 0.1) is 21.7 Å². The third-order valence-electron chi connectivity index (χ3n) is 6.01. The normalized spacial score (nSPS) is 16.7. The lowest BCUT2D eigenvalue weighted by Crippen LogP contribution is -2.49. The minimum Gasteiger partial charge on any atom is -0.483 e. The number of rotatable bonds is 5. The molecule has 2 aliphatic heterocycles. The third-order valence-corrected chi connectivity index (χ3v) is 6.62. The number of nitrogens with zero attached hydrogens (tertiary/aromatic N) is 2. The van der Waals surface area contributed by atoms with Gasteiger partial charge < -0.3 is 15.1 Å². The molecule has 4 rings (SSSR count). The van der Waals surface area contributed by atoms with Crippen molar-refractivity contribution < 1.29 is 19.8 Å². The average molecular weight is 465 g/mol. The summed E-state index contributed by atoms with van der Waals surface area (Å²) >= 11 is 12.7. The van der Waals surface area contributed by atoms with Crippen LogP contribution in [0.1, 0.15) is 28.2 Å².